The molecule has 0 saturated carbocycles. The zero-order valence-electron chi connectivity index (χ0n) is 26.1. The molecule has 2 heterocycles. The average Bonchev–Trinajstić information content (AvgIpc) is 3.33. The molecule has 0 atom stereocenters. The summed E-state index contributed by atoms with van der Waals surface area (Å²) in [6.07, 6.45) is 12.3. The Morgan fingerprint density at radius 2 is 1.40 bits per heavy atom. The third kappa shape index (κ3) is 4.25. The molecule has 0 fully saturated rings. The highest BCUT2D eigenvalue weighted by Gasteiger charge is 2.44. The van der Waals surface area contributed by atoms with Crippen molar-refractivity contribution in [3.8, 4) is 0 Å². The van der Waals surface area contributed by atoms with Gasteiger partial charge in [-0.15, -0.1) is 0 Å². The van der Waals surface area contributed by atoms with E-state index in [1.54, 1.807) is 0 Å². The molecule has 0 unspecified atom stereocenters. The Balaban J connectivity index is 1.22. The van der Waals surface area contributed by atoms with Crippen LogP contribution in [0.2, 0.25) is 0 Å². The molecule has 0 saturated heterocycles. The largest absolute Gasteiger partial charge is 0.347 e. The van der Waals surface area contributed by atoms with E-state index in [2.05, 4.69) is 148 Å². The molecule has 3 heteroatoms. The van der Waals surface area contributed by atoms with Crippen molar-refractivity contribution in [1.29, 1.82) is 0 Å². The van der Waals surface area contributed by atoms with E-state index in [0.717, 1.165) is 24.3 Å². The predicted octanol–water partition coefficient (Wildman–Crippen LogP) is 10.5. The van der Waals surface area contributed by atoms with Crippen molar-refractivity contribution < 1.29 is 4.58 Å². The van der Waals surface area contributed by atoms with Gasteiger partial charge in [0.2, 0.25) is 5.69 Å². The van der Waals surface area contributed by atoms with Crippen molar-refractivity contribution in [1.82, 2.24) is 0 Å². The number of fused-ring (bicyclic) bond motifs is 6. The van der Waals surface area contributed by atoms with Crippen molar-refractivity contribution in [2.45, 2.75) is 57.8 Å². The lowest BCUT2D eigenvalue weighted by molar-refractivity contribution is -0.401. The van der Waals surface area contributed by atoms with E-state index in [4.69, 9.17) is 11.6 Å². The van der Waals surface area contributed by atoms with Crippen LogP contribution >= 0.6 is 11.6 Å². The van der Waals surface area contributed by atoms with Crippen LogP contribution in [0.1, 0.15) is 58.1 Å². The second-order valence-electron chi connectivity index (χ2n) is 13.4. The van der Waals surface area contributed by atoms with Gasteiger partial charge in [0.25, 0.3) is 0 Å². The molecule has 2 aliphatic heterocycles. The fourth-order valence-corrected chi connectivity index (χ4v) is 8.27. The van der Waals surface area contributed by atoms with Crippen molar-refractivity contribution in [3.63, 3.8) is 0 Å². The normalized spacial score (nSPS) is 21.2. The maximum atomic E-state index is 7.16. The molecule has 216 valence electrons. The van der Waals surface area contributed by atoms with Gasteiger partial charge >= 0.3 is 0 Å². The molecule has 0 bridgehead atoms. The van der Waals surface area contributed by atoms with E-state index < -0.39 is 0 Å². The SMILES string of the molecule is CN1C(=CC=C2CCCC(C=CC3=[N+](C)c4ccc5ccccc5c4C3(C)C)=C2Cl)C(C)(C)c2c1ccc1ccccc21. The molecule has 0 N–H and O–H groups in total. The van der Waals surface area contributed by atoms with E-state index in [1.165, 1.54) is 66.6 Å². The highest BCUT2D eigenvalue weighted by Crippen LogP contribution is 2.50. The van der Waals surface area contributed by atoms with Gasteiger partial charge in [0.1, 0.15) is 7.05 Å². The van der Waals surface area contributed by atoms with Crippen LogP contribution in [0.4, 0.5) is 11.4 Å². The first-order valence-corrected chi connectivity index (χ1v) is 15.9. The van der Waals surface area contributed by atoms with Gasteiger partial charge in [-0.3, -0.25) is 0 Å². The lowest BCUT2D eigenvalue weighted by atomic mass is 9.79. The van der Waals surface area contributed by atoms with Crippen molar-refractivity contribution in [2.24, 2.45) is 0 Å². The monoisotopic (exact) mass is 583 g/mol. The van der Waals surface area contributed by atoms with Crippen LogP contribution in [0.15, 0.2) is 119 Å². The Kier molecular flexibility index (Phi) is 6.56. The Morgan fingerprint density at radius 3 is 2.12 bits per heavy atom. The lowest BCUT2D eigenvalue weighted by Crippen LogP contribution is -2.27. The molecule has 43 heavy (non-hydrogen) atoms. The summed E-state index contributed by atoms with van der Waals surface area (Å²) >= 11 is 7.16. The second kappa shape index (κ2) is 10.1. The number of allylic oxidation sites excluding steroid dienone is 8. The first-order valence-electron chi connectivity index (χ1n) is 15.5. The Labute approximate surface area is 261 Å². The van der Waals surface area contributed by atoms with Gasteiger partial charge in [-0.05, 0) is 89.6 Å². The first-order chi connectivity index (χ1) is 20.6. The van der Waals surface area contributed by atoms with Crippen LogP contribution in [-0.4, -0.2) is 24.4 Å². The quantitative estimate of drug-likeness (QED) is 0.217. The molecule has 3 aliphatic rings. The molecular weight excluding hydrogens is 544 g/mol. The summed E-state index contributed by atoms with van der Waals surface area (Å²) in [6.45, 7) is 9.38. The van der Waals surface area contributed by atoms with Crippen molar-refractivity contribution in [2.75, 3.05) is 19.0 Å². The Bertz CT molecular complexity index is 1980. The maximum absolute atomic E-state index is 7.16. The van der Waals surface area contributed by atoms with Gasteiger partial charge in [-0.2, -0.15) is 4.58 Å². The topological polar surface area (TPSA) is 6.25 Å². The first kappa shape index (κ1) is 27.9. The lowest BCUT2D eigenvalue weighted by Gasteiger charge is -2.25. The van der Waals surface area contributed by atoms with Crippen LogP contribution in [0.5, 0.6) is 0 Å². The van der Waals surface area contributed by atoms with Crippen LogP contribution in [0.25, 0.3) is 21.5 Å². The number of halogens is 1. The summed E-state index contributed by atoms with van der Waals surface area (Å²) in [4.78, 5) is 2.36. The number of rotatable bonds is 3. The number of hydrogen-bond donors (Lipinski definition) is 0. The summed E-state index contributed by atoms with van der Waals surface area (Å²) in [5, 5.41) is 6.17. The highest BCUT2D eigenvalue weighted by atomic mass is 35.5. The van der Waals surface area contributed by atoms with Gasteiger partial charge in [0.05, 0.1) is 5.41 Å². The molecule has 4 aromatic carbocycles. The second-order valence-corrected chi connectivity index (χ2v) is 13.8. The zero-order chi connectivity index (χ0) is 30.1. The van der Waals surface area contributed by atoms with E-state index in [9.17, 15) is 0 Å². The van der Waals surface area contributed by atoms with E-state index in [0.29, 0.717) is 0 Å². The van der Waals surface area contributed by atoms with E-state index in [-0.39, 0.29) is 10.8 Å². The van der Waals surface area contributed by atoms with Gasteiger partial charge in [-0.1, -0.05) is 92.2 Å². The molecule has 0 spiro atoms. The summed E-state index contributed by atoms with van der Waals surface area (Å²) in [7, 11) is 4.38. The molecule has 4 aromatic rings. The van der Waals surface area contributed by atoms with Gasteiger partial charge in [-0.25, -0.2) is 0 Å². The van der Waals surface area contributed by atoms with Crippen molar-refractivity contribution >= 4 is 50.2 Å². The van der Waals surface area contributed by atoms with Crippen LogP contribution < -0.4 is 4.90 Å². The number of likely N-dealkylation sites (N-methyl/N-ethyl adjacent to an activating group) is 1. The minimum absolute atomic E-state index is 0.107. The maximum Gasteiger partial charge on any atom is 0.210 e. The minimum Gasteiger partial charge on any atom is -0.347 e. The van der Waals surface area contributed by atoms with Crippen molar-refractivity contribution in [3.05, 3.63) is 130 Å². The zero-order valence-corrected chi connectivity index (χ0v) is 26.9. The molecule has 1 aliphatic carbocycles. The number of anilines is 1. The molecule has 2 nitrogen and oxygen atoms in total. The van der Waals surface area contributed by atoms with E-state index in [1.807, 2.05) is 0 Å². The number of nitrogens with zero attached hydrogens (tertiary/aromatic N) is 2. The molecule has 7 rings (SSSR count). The van der Waals surface area contributed by atoms with Gasteiger partial charge in [0, 0.05) is 46.6 Å². The molecule has 0 amide bonds. The Morgan fingerprint density at radius 1 is 0.744 bits per heavy atom. The Hall–Kier alpha value is -3.88. The standard InChI is InChI=1S/C40H40ClN2/c1-39(2)34(42(5)32-22-18-26-12-7-9-16-30(26)36(32)39)24-20-28-14-11-15-29(38(28)41)21-25-35-40(3,4)37-31-17-10-8-13-27(31)19-23-33(37)43(35)6/h7-10,12-13,16-25H,11,14-15H2,1-6H3/q+1. The highest BCUT2D eigenvalue weighted by molar-refractivity contribution is 6.32. The summed E-state index contributed by atoms with van der Waals surface area (Å²) < 4.78 is 2.36. The third-order valence-electron chi connectivity index (χ3n) is 10.1. The van der Waals surface area contributed by atoms with E-state index >= 15 is 0 Å². The third-order valence-corrected chi connectivity index (χ3v) is 10.6. The summed E-state index contributed by atoms with van der Waals surface area (Å²) in [5.41, 5.74) is 10.2. The smallest absolute Gasteiger partial charge is 0.210 e. The minimum atomic E-state index is -0.107. The van der Waals surface area contributed by atoms with Gasteiger partial charge in [0.15, 0.2) is 5.71 Å². The fourth-order valence-electron chi connectivity index (χ4n) is 7.95. The fraction of sp³-hybridized carbons (Fsp3) is 0.275. The summed E-state index contributed by atoms with van der Waals surface area (Å²) in [5.74, 6) is 0. The summed E-state index contributed by atoms with van der Waals surface area (Å²) in [6, 6.07) is 26.5. The molecule has 0 radical (unpaired) electrons. The van der Waals surface area contributed by atoms with Crippen LogP contribution in [0.3, 0.4) is 0 Å². The number of hydrogen-bond acceptors (Lipinski definition) is 1. The van der Waals surface area contributed by atoms with Crippen LogP contribution in [0, 0.1) is 0 Å². The molecular formula is C40H40ClN2+. The predicted molar refractivity (Wildman–Crippen MR) is 185 cm³/mol. The average molecular weight is 584 g/mol. The van der Waals surface area contributed by atoms with Crippen LogP contribution in [-0.2, 0) is 10.8 Å². The molecule has 0 aromatic heterocycles. The number of benzene rings is 4. The van der Waals surface area contributed by atoms with Gasteiger partial charge < -0.3 is 4.90 Å².